The summed E-state index contributed by atoms with van der Waals surface area (Å²) in [4.78, 5) is 14.4. The summed E-state index contributed by atoms with van der Waals surface area (Å²) in [6.45, 7) is 1.03. The summed E-state index contributed by atoms with van der Waals surface area (Å²) < 4.78 is 5.09. The van der Waals surface area contributed by atoms with E-state index in [0.717, 1.165) is 24.4 Å². The van der Waals surface area contributed by atoms with E-state index in [1.165, 1.54) is 11.3 Å². The number of benzene rings is 2. The van der Waals surface area contributed by atoms with Crippen LogP contribution < -0.4 is 15.0 Å². The predicted octanol–water partition coefficient (Wildman–Crippen LogP) is 2.94. The van der Waals surface area contributed by atoms with Gasteiger partial charge in [0.25, 0.3) is 5.91 Å². The van der Waals surface area contributed by atoms with Crippen LogP contribution >= 0.6 is 0 Å². The van der Waals surface area contributed by atoms with Crippen molar-refractivity contribution in [2.75, 3.05) is 30.9 Å². The number of nitrogens with zero attached hydrogens (tertiary/aromatic N) is 1. The molecule has 1 aliphatic rings. The molecule has 0 bridgehead atoms. The quantitative estimate of drug-likeness (QED) is 0.941. The minimum atomic E-state index is -0.107. The zero-order chi connectivity index (χ0) is 14.8. The number of carbonyl (C=O) groups excluding carboxylic acids is 1. The van der Waals surface area contributed by atoms with Gasteiger partial charge >= 0.3 is 0 Å². The highest BCUT2D eigenvalue weighted by Gasteiger charge is 2.16. The maximum atomic E-state index is 12.2. The minimum absolute atomic E-state index is 0.107. The van der Waals surface area contributed by atoms with Gasteiger partial charge in [0.1, 0.15) is 5.75 Å². The van der Waals surface area contributed by atoms with E-state index < -0.39 is 0 Å². The maximum absolute atomic E-state index is 12.2. The normalized spacial score (nSPS) is 13.0. The molecule has 1 heterocycles. The Kier molecular flexibility index (Phi) is 3.52. The summed E-state index contributed by atoms with van der Waals surface area (Å²) in [7, 11) is 3.69. The molecule has 0 radical (unpaired) electrons. The fourth-order valence-corrected chi connectivity index (χ4v) is 2.59. The molecule has 0 aliphatic carbocycles. The molecule has 0 fully saturated rings. The Morgan fingerprint density at radius 1 is 1.19 bits per heavy atom. The van der Waals surface area contributed by atoms with Crippen molar-refractivity contribution in [3.05, 3.63) is 53.6 Å². The van der Waals surface area contributed by atoms with E-state index in [-0.39, 0.29) is 5.91 Å². The number of methoxy groups -OCH3 is 1. The number of rotatable bonds is 3. The van der Waals surface area contributed by atoms with Crippen LogP contribution in [0.3, 0.4) is 0 Å². The van der Waals surface area contributed by atoms with Crippen LogP contribution in [0.15, 0.2) is 42.5 Å². The lowest BCUT2D eigenvalue weighted by atomic mass is 10.1. The molecule has 0 spiro atoms. The van der Waals surface area contributed by atoms with Gasteiger partial charge in [-0.25, -0.2) is 0 Å². The van der Waals surface area contributed by atoms with Crippen molar-refractivity contribution >= 4 is 17.3 Å². The van der Waals surface area contributed by atoms with Crippen molar-refractivity contribution in [1.82, 2.24) is 0 Å². The number of carbonyl (C=O) groups is 1. The number of hydrogen-bond donors (Lipinski definition) is 1. The van der Waals surface area contributed by atoms with Gasteiger partial charge in [-0.3, -0.25) is 4.79 Å². The first-order chi connectivity index (χ1) is 10.2. The average Bonchev–Trinajstić information content (AvgIpc) is 2.88. The second-order valence-corrected chi connectivity index (χ2v) is 5.20. The van der Waals surface area contributed by atoms with Crippen molar-refractivity contribution in [2.24, 2.45) is 0 Å². The highest BCUT2D eigenvalue weighted by molar-refractivity contribution is 6.04. The third-order valence-corrected chi connectivity index (χ3v) is 3.82. The molecule has 1 N–H and O–H groups in total. The molecular weight excluding hydrogens is 264 g/mol. The van der Waals surface area contributed by atoms with Crippen molar-refractivity contribution in [1.29, 1.82) is 0 Å². The van der Waals surface area contributed by atoms with Crippen LogP contribution in [0.25, 0.3) is 0 Å². The molecule has 0 saturated heterocycles. The van der Waals surface area contributed by atoms with E-state index in [1.807, 2.05) is 6.07 Å². The monoisotopic (exact) mass is 282 g/mol. The molecular formula is C17H18N2O2. The van der Waals surface area contributed by atoms with E-state index in [2.05, 4.69) is 29.4 Å². The van der Waals surface area contributed by atoms with Crippen molar-refractivity contribution in [2.45, 2.75) is 6.42 Å². The van der Waals surface area contributed by atoms with Crippen LogP contribution in [-0.4, -0.2) is 26.6 Å². The number of nitrogens with one attached hydrogen (secondary N) is 1. The molecule has 1 amide bonds. The van der Waals surface area contributed by atoms with Gasteiger partial charge in [-0.05, 0) is 54.4 Å². The lowest BCUT2D eigenvalue weighted by molar-refractivity contribution is 0.102. The van der Waals surface area contributed by atoms with Gasteiger partial charge < -0.3 is 15.0 Å². The lowest BCUT2D eigenvalue weighted by Crippen LogP contribution is -2.13. The fourth-order valence-electron chi connectivity index (χ4n) is 2.59. The number of fused-ring (bicyclic) bond motifs is 1. The number of hydrogen-bond acceptors (Lipinski definition) is 3. The number of anilines is 2. The molecule has 2 aromatic rings. The summed E-state index contributed by atoms with van der Waals surface area (Å²) in [5.74, 6) is 0.635. The Balaban J connectivity index is 1.75. The molecule has 108 valence electrons. The average molecular weight is 282 g/mol. The van der Waals surface area contributed by atoms with Crippen LogP contribution in [0.2, 0.25) is 0 Å². The van der Waals surface area contributed by atoms with E-state index >= 15 is 0 Å². The summed E-state index contributed by atoms with van der Waals surface area (Å²) in [5.41, 5.74) is 3.99. The van der Waals surface area contributed by atoms with Crippen LogP contribution in [0.4, 0.5) is 11.4 Å². The van der Waals surface area contributed by atoms with Crippen molar-refractivity contribution in [3.8, 4) is 5.75 Å². The molecule has 0 atom stereocenters. The van der Waals surface area contributed by atoms with Gasteiger partial charge in [0.15, 0.2) is 0 Å². The Morgan fingerprint density at radius 2 is 1.95 bits per heavy atom. The van der Waals surface area contributed by atoms with E-state index in [9.17, 15) is 4.79 Å². The van der Waals surface area contributed by atoms with Gasteiger partial charge in [0, 0.05) is 30.5 Å². The SMILES string of the molecule is COc1ccc(C(=O)Nc2ccc3c(c2)CCN3C)cc1. The van der Waals surface area contributed by atoms with E-state index in [1.54, 1.807) is 31.4 Å². The summed E-state index contributed by atoms with van der Waals surface area (Å²) in [6, 6.07) is 13.2. The Morgan fingerprint density at radius 3 is 2.67 bits per heavy atom. The molecule has 2 aromatic carbocycles. The molecule has 3 rings (SSSR count). The maximum Gasteiger partial charge on any atom is 0.255 e. The summed E-state index contributed by atoms with van der Waals surface area (Å²) in [5, 5.41) is 2.94. The molecule has 0 aromatic heterocycles. The van der Waals surface area contributed by atoms with E-state index in [0.29, 0.717) is 5.56 Å². The Labute approximate surface area is 124 Å². The van der Waals surface area contributed by atoms with E-state index in [4.69, 9.17) is 4.74 Å². The fraction of sp³-hybridized carbons (Fsp3) is 0.235. The number of amides is 1. The van der Waals surface area contributed by atoms with Gasteiger partial charge in [-0.1, -0.05) is 0 Å². The van der Waals surface area contributed by atoms with Crippen LogP contribution in [0.1, 0.15) is 15.9 Å². The highest BCUT2D eigenvalue weighted by Crippen LogP contribution is 2.29. The first-order valence-electron chi connectivity index (χ1n) is 6.97. The summed E-state index contributed by atoms with van der Waals surface area (Å²) >= 11 is 0. The first-order valence-corrected chi connectivity index (χ1v) is 6.97. The summed E-state index contributed by atoms with van der Waals surface area (Å²) in [6.07, 6.45) is 1.03. The number of likely N-dealkylation sites (N-methyl/N-ethyl adjacent to an activating group) is 1. The number of ether oxygens (including phenoxy) is 1. The largest absolute Gasteiger partial charge is 0.497 e. The molecule has 21 heavy (non-hydrogen) atoms. The molecule has 1 aliphatic heterocycles. The van der Waals surface area contributed by atoms with Crippen molar-refractivity contribution < 1.29 is 9.53 Å². The van der Waals surface area contributed by atoms with Gasteiger partial charge in [0.05, 0.1) is 7.11 Å². The third-order valence-electron chi connectivity index (χ3n) is 3.82. The van der Waals surface area contributed by atoms with Gasteiger partial charge in [-0.15, -0.1) is 0 Å². The smallest absolute Gasteiger partial charge is 0.255 e. The van der Waals surface area contributed by atoms with Gasteiger partial charge in [0.2, 0.25) is 0 Å². The lowest BCUT2D eigenvalue weighted by Gasteiger charge is -2.12. The minimum Gasteiger partial charge on any atom is -0.497 e. The molecule has 0 saturated carbocycles. The predicted molar refractivity (Wildman–Crippen MR) is 84.4 cm³/mol. The van der Waals surface area contributed by atoms with Gasteiger partial charge in [-0.2, -0.15) is 0 Å². The standard InChI is InChI=1S/C17H18N2O2/c1-19-10-9-13-11-14(5-8-16(13)19)18-17(20)12-3-6-15(21-2)7-4-12/h3-8,11H,9-10H2,1-2H3,(H,18,20). The van der Waals surface area contributed by atoms with Crippen LogP contribution in [-0.2, 0) is 6.42 Å². The topological polar surface area (TPSA) is 41.6 Å². The zero-order valence-corrected chi connectivity index (χ0v) is 12.2. The second kappa shape index (κ2) is 5.48. The Bertz CT molecular complexity index is 665. The zero-order valence-electron chi connectivity index (χ0n) is 12.2. The first kappa shape index (κ1) is 13.5. The molecule has 4 nitrogen and oxygen atoms in total. The second-order valence-electron chi connectivity index (χ2n) is 5.20. The molecule has 0 unspecified atom stereocenters. The van der Waals surface area contributed by atoms with Crippen molar-refractivity contribution in [3.63, 3.8) is 0 Å². The Hall–Kier alpha value is -2.49. The van der Waals surface area contributed by atoms with Crippen LogP contribution in [0.5, 0.6) is 5.75 Å². The van der Waals surface area contributed by atoms with Crippen LogP contribution in [0, 0.1) is 0 Å². The molecule has 4 heteroatoms. The third kappa shape index (κ3) is 2.70. The highest BCUT2D eigenvalue weighted by atomic mass is 16.5.